The van der Waals surface area contributed by atoms with E-state index in [0.717, 1.165) is 12.1 Å². The number of halogens is 3. The van der Waals surface area contributed by atoms with Crippen molar-refractivity contribution in [3.63, 3.8) is 0 Å². The first-order chi connectivity index (χ1) is 13.0. The fourth-order valence-electron chi connectivity index (χ4n) is 2.27. The minimum absolute atomic E-state index is 0.317. The Morgan fingerprint density at radius 2 is 1.81 bits per heavy atom. The summed E-state index contributed by atoms with van der Waals surface area (Å²) in [5, 5.41) is 5.90. The van der Waals surface area contributed by atoms with E-state index < -0.39 is 11.6 Å². The largest absolute Gasteiger partial charge is 0.495 e. The van der Waals surface area contributed by atoms with Crippen LogP contribution in [0.1, 0.15) is 10.4 Å². The van der Waals surface area contributed by atoms with Crippen molar-refractivity contribution in [2.24, 2.45) is 0 Å². The molecule has 0 radical (unpaired) electrons. The molecule has 3 rings (SSSR count). The van der Waals surface area contributed by atoms with Gasteiger partial charge < -0.3 is 15.4 Å². The van der Waals surface area contributed by atoms with E-state index in [1.807, 2.05) is 0 Å². The minimum Gasteiger partial charge on any atom is -0.495 e. The highest BCUT2D eigenvalue weighted by atomic mass is 35.5. The highest BCUT2D eigenvalue weighted by Gasteiger charge is 2.09. The first-order valence-corrected chi connectivity index (χ1v) is 8.17. The van der Waals surface area contributed by atoms with Crippen molar-refractivity contribution in [3.8, 4) is 5.75 Å². The number of nitrogens with zero attached hydrogens (tertiary/aromatic N) is 1. The molecule has 2 aromatic carbocycles. The summed E-state index contributed by atoms with van der Waals surface area (Å²) in [6, 6.07) is 11.4. The van der Waals surface area contributed by atoms with E-state index in [-0.39, 0.29) is 5.91 Å². The van der Waals surface area contributed by atoms with Crippen molar-refractivity contribution in [3.05, 3.63) is 76.9 Å². The molecule has 27 heavy (non-hydrogen) atoms. The molecule has 0 aliphatic carbocycles. The lowest BCUT2D eigenvalue weighted by Crippen LogP contribution is -2.12. The van der Waals surface area contributed by atoms with Crippen molar-refractivity contribution in [2.75, 3.05) is 17.7 Å². The van der Waals surface area contributed by atoms with Gasteiger partial charge in [-0.3, -0.25) is 4.79 Å². The first-order valence-electron chi connectivity index (χ1n) is 7.79. The maximum Gasteiger partial charge on any atom is 0.257 e. The topological polar surface area (TPSA) is 63.2 Å². The number of carbonyl (C=O) groups is 1. The molecular formula is C19H14ClF2N3O2. The molecule has 0 aliphatic rings. The van der Waals surface area contributed by atoms with Gasteiger partial charge in [0.05, 0.1) is 17.7 Å². The van der Waals surface area contributed by atoms with Gasteiger partial charge in [0, 0.05) is 23.6 Å². The quantitative estimate of drug-likeness (QED) is 0.643. The summed E-state index contributed by atoms with van der Waals surface area (Å²) in [5.74, 6) is -1.38. The van der Waals surface area contributed by atoms with E-state index in [0.29, 0.717) is 33.5 Å². The van der Waals surface area contributed by atoms with Crippen molar-refractivity contribution in [1.29, 1.82) is 0 Å². The molecule has 0 saturated carbocycles. The lowest BCUT2D eigenvalue weighted by Gasteiger charge is -2.09. The zero-order chi connectivity index (χ0) is 19.4. The fourth-order valence-corrected chi connectivity index (χ4v) is 2.53. The highest BCUT2D eigenvalue weighted by molar-refractivity contribution is 6.32. The predicted molar refractivity (Wildman–Crippen MR) is 99.8 cm³/mol. The molecular weight excluding hydrogens is 376 g/mol. The van der Waals surface area contributed by atoms with Crippen LogP contribution < -0.4 is 15.4 Å². The highest BCUT2D eigenvalue weighted by Crippen LogP contribution is 2.27. The summed E-state index contributed by atoms with van der Waals surface area (Å²) in [6.45, 7) is 0. The van der Waals surface area contributed by atoms with E-state index >= 15 is 0 Å². The molecule has 1 aromatic heterocycles. The van der Waals surface area contributed by atoms with Crippen LogP contribution in [-0.2, 0) is 0 Å². The Balaban J connectivity index is 1.68. The van der Waals surface area contributed by atoms with Crippen LogP contribution in [0.3, 0.4) is 0 Å². The predicted octanol–water partition coefficient (Wildman–Crippen LogP) is 5.02. The summed E-state index contributed by atoms with van der Waals surface area (Å²) in [4.78, 5) is 16.4. The Hall–Kier alpha value is -3.19. The number of anilines is 3. The maximum atomic E-state index is 13.2. The maximum absolute atomic E-state index is 13.2. The van der Waals surface area contributed by atoms with E-state index in [1.54, 1.807) is 30.3 Å². The standard InChI is InChI=1S/C19H14ClF2N3O2/c1-27-17-6-4-12(8-14(17)20)25-19(26)11-2-7-18(23-10-11)24-13-3-5-15(21)16(22)9-13/h2-10H,1H3,(H,23,24)(H,25,26). The smallest absolute Gasteiger partial charge is 0.257 e. The van der Waals surface area contributed by atoms with Gasteiger partial charge >= 0.3 is 0 Å². The molecule has 1 amide bonds. The van der Waals surface area contributed by atoms with Crippen LogP contribution >= 0.6 is 11.6 Å². The average molecular weight is 390 g/mol. The van der Waals surface area contributed by atoms with Crippen LogP contribution in [0.25, 0.3) is 0 Å². The zero-order valence-electron chi connectivity index (χ0n) is 14.1. The molecule has 2 N–H and O–H groups in total. The van der Waals surface area contributed by atoms with Crippen LogP contribution in [0.4, 0.5) is 26.0 Å². The van der Waals surface area contributed by atoms with Crippen LogP contribution in [0.5, 0.6) is 5.75 Å². The average Bonchev–Trinajstić information content (AvgIpc) is 2.65. The van der Waals surface area contributed by atoms with Crippen LogP contribution in [0.15, 0.2) is 54.7 Å². The van der Waals surface area contributed by atoms with Crippen LogP contribution in [0.2, 0.25) is 5.02 Å². The summed E-state index contributed by atoms with van der Waals surface area (Å²) >= 11 is 6.03. The molecule has 1 heterocycles. The second kappa shape index (κ2) is 8.01. The molecule has 0 saturated heterocycles. The third kappa shape index (κ3) is 4.51. The number of methoxy groups -OCH3 is 1. The van der Waals surface area contributed by atoms with Gasteiger partial charge in [-0.25, -0.2) is 13.8 Å². The monoisotopic (exact) mass is 389 g/mol. The number of pyridine rings is 1. The third-order valence-electron chi connectivity index (χ3n) is 3.63. The molecule has 0 bridgehead atoms. The van der Waals surface area contributed by atoms with Crippen molar-refractivity contribution < 1.29 is 18.3 Å². The van der Waals surface area contributed by atoms with Gasteiger partial charge in [-0.2, -0.15) is 0 Å². The van der Waals surface area contributed by atoms with Gasteiger partial charge in [0.2, 0.25) is 0 Å². The summed E-state index contributed by atoms with van der Waals surface area (Å²) in [5.41, 5.74) is 1.17. The number of hydrogen-bond donors (Lipinski definition) is 2. The zero-order valence-corrected chi connectivity index (χ0v) is 14.8. The number of aromatic nitrogens is 1. The lowest BCUT2D eigenvalue weighted by molar-refractivity contribution is 0.102. The fraction of sp³-hybridized carbons (Fsp3) is 0.0526. The Morgan fingerprint density at radius 3 is 2.44 bits per heavy atom. The number of nitrogens with one attached hydrogen (secondary N) is 2. The number of ether oxygens (including phenoxy) is 1. The number of benzene rings is 2. The molecule has 138 valence electrons. The van der Waals surface area contributed by atoms with Gasteiger partial charge in [0.15, 0.2) is 11.6 Å². The van der Waals surface area contributed by atoms with Crippen molar-refractivity contribution >= 4 is 34.7 Å². The third-order valence-corrected chi connectivity index (χ3v) is 3.92. The van der Waals surface area contributed by atoms with E-state index in [4.69, 9.17) is 16.3 Å². The molecule has 8 heteroatoms. The van der Waals surface area contributed by atoms with Gasteiger partial charge in [-0.1, -0.05) is 11.6 Å². The van der Waals surface area contributed by atoms with Crippen molar-refractivity contribution in [2.45, 2.75) is 0 Å². The van der Waals surface area contributed by atoms with Crippen LogP contribution in [-0.4, -0.2) is 18.0 Å². The summed E-state index contributed by atoms with van der Waals surface area (Å²) in [6.07, 6.45) is 1.36. The first kappa shape index (κ1) is 18.6. The molecule has 0 unspecified atom stereocenters. The molecule has 5 nitrogen and oxygen atoms in total. The van der Waals surface area contributed by atoms with Gasteiger partial charge in [0.1, 0.15) is 11.6 Å². The number of hydrogen-bond acceptors (Lipinski definition) is 4. The normalized spacial score (nSPS) is 10.4. The van der Waals surface area contributed by atoms with Gasteiger partial charge in [0.25, 0.3) is 5.91 Å². The minimum atomic E-state index is -0.964. The second-order valence-electron chi connectivity index (χ2n) is 5.49. The van der Waals surface area contributed by atoms with Crippen molar-refractivity contribution in [1.82, 2.24) is 4.98 Å². The molecule has 0 atom stereocenters. The number of rotatable bonds is 5. The van der Waals surface area contributed by atoms with E-state index in [1.165, 1.54) is 19.4 Å². The summed E-state index contributed by atoms with van der Waals surface area (Å²) < 4.78 is 31.2. The summed E-state index contributed by atoms with van der Waals surface area (Å²) in [7, 11) is 1.50. The Labute approximate surface area is 159 Å². The molecule has 0 fully saturated rings. The Kier molecular flexibility index (Phi) is 5.52. The van der Waals surface area contributed by atoms with Gasteiger partial charge in [-0.15, -0.1) is 0 Å². The van der Waals surface area contributed by atoms with E-state index in [2.05, 4.69) is 15.6 Å². The molecule has 0 spiro atoms. The van der Waals surface area contributed by atoms with E-state index in [9.17, 15) is 13.6 Å². The lowest BCUT2D eigenvalue weighted by atomic mass is 10.2. The SMILES string of the molecule is COc1ccc(NC(=O)c2ccc(Nc3ccc(F)c(F)c3)nc2)cc1Cl. The Morgan fingerprint density at radius 1 is 1.04 bits per heavy atom. The molecule has 3 aromatic rings. The Bertz CT molecular complexity index is 981. The molecule has 0 aliphatic heterocycles. The van der Waals surface area contributed by atoms with Crippen LogP contribution in [0, 0.1) is 11.6 Å². The number of carbonyl (C=O) groups excluding carboxylic acids is 1. The number of amides is 1. The van der Waals surface area contributed by atoms with Gasteiger partial charge in [-0.05, 0) is 42.5 Å². The second-order valence-corrected chi connectivity index (χ2v) is 5.90.